The number of fused-ring (bicyclic) bond motifs is 1. The summed E-state index contributed by atoms with van der Waals surface area (Å²) in [6.07, 6.45) is 0. The molecule has 0 aliphatic carbocycles. The van der Waals surface area contributed by atoms with Gasteiger partial charge in [0.15, 0.2) is 0 Å². The van der Waals surface area contributed by atoms with Gasteiger partial charge in [0.25, 0.3) is 5.56 Å². The van der Waals surface area contributed by atoms with Gasteiger partial charge in [-0.15, -0.1) is 0 Å². The second-order valence-corrected chi connectivity index (χ2v) is 2.88. The van der Waals surface area contributed by atoms with Crippen LogP contribution in [0.2, 0.25) is 0 Å². The summed E-state index contributed by atoms with van der Waals surface area (Å²) in [4.78, 5) is 10.9. The standard InChI is InChI=1S/C7H5NOS.H3N/c9-7-5-3-1-2-4-6(5)10-8-7;/h1-4H,(H,8,9);1H3. The predicted molar refractivity (Wildman–Crippen MR) is 47.5 cm³/mol. The van der Waals surface area contributed by atoms with Crippen molar-refractivity contribution >= 4 is 21.6 Å². The number of hydrogen-bond donors (Lipinski definition) is 2. The molecular formula is C7H8N2OS. The minimum atomic E-state index is 0. The number of H-pyrrole nitrogens is 1. The first-order valence-corrected chi connectivity index (χ1v) is 3.76. The van der Waals surface area contributed by atoms with Crippen LogP contribution < -0.4 is 11.7 Å². The molecule has 0 fully saturated rings. The van der Waals surface area contributed by atoms with Crippen LogP contribution >= 0.6 is 11.5 Å². The van der Waals surface area contributed by atoms with E-state index in [1.807, 2.05) is 24.3 Å². The Bertz CT molecular complexity index is 404. The van der Waals surface area contributed by atoms with E-state index in [4.69, 9.17) is 0 Å². The van der Waals surface area contributed by atoms with E-state index in [0.717, 1.165) is 10.1 Å². The Morgan fingerprint density at radius 2 is 2.00 bits per heavy atom. The van der Waals surface area contributed by atoms with Gasteiger partial charge in [-0.25, -0.2) is 0 Å². The molecule has 0 spiro atoms. The van der Waals surface area contributed by atoms with Crippen molar-refractivity contribution in [1.82, 2.24) is 10.5 Å². The summed E-state index contributed by atoms with van der Waals surface area (Å²) in [7, 11) is 0. The van der Waals surface area contributed by atoms with Crippen LogP contribution in [0.15, 0.2) is 29.1 Å². The van der Waals surface area contributed by atoms with Crippen molar-refractivity contribution in [2.45, 2.75) is 0 Å². The van der Waals surface area contributed by atoms with E-state index in [1.54, 1.807) is 0 Å². The molecule has 0 saturated carbocycles. The van der Waals surface area contributed by atoms with Crippen LogP contribution in [0.4, 0.5) is 0 Å². The average Bonchev–Trinajstić information content (AvgIpc) is 2.34. The number of aromatic amines is 1. The van der Waals surface area contributed by atoms with Gasteiger partial charge in [0, 0.05) is 0 Å². The quantitative estimate of drug-likeness (QED) is 0.629. The Labute approximate surface area is 67.4 Å². The Kier molecular flexibility index (Phi) is 2.07. The average molecular weight is 168 g/mol. The second kappa shape index (κ2) is 2.86. The maximum atomic E-state index is 10.9. The van der Waals surface area contributed by atoms with Crippen molar-refractivity contribution in [3.05, 3.63) is 34.6 Å². The van der Waals surface area contributed by atoms with Gasteiger partial charge in [0.1, 0.15) is 0 Å². The zero-order valence-corrected chi connectivity index (χ0v) is 6.65. The summed E-state index contributed by atoms with van der Waals surface area (Å²) in [5, 5.41) is 0.785. The number of rotatable bonds is 0. The Balaban J connectivity index is 0.000000605. The van der Waals surface area contributed by atoms with Crippen LogP contribution in [0.3, 0.4) is 0 Å². The van der Waals surface area contributed by atoms with Gasteiger partial charge in [-0.1, -0.05) is 23.7 Å². The second-order valence-electron chi connectivity index (χ2n) is 2.03. The minimum absolute atomic E-state index is 0. The highest BCUT2D eigenvalue weighted by molar-refractivity contribution is 7.13. The fraction of sp³-hybridized carbons (Fsp3) is 0. The molecule has 0 atom stereocenters. The first-order valence-electron chi connectivity index (χ1n) is 2.94. The summed E-state index contributed by atoms with van der Waals surface area (Å²) >= 11 is 1.38. The third kappa shape index (κ3) is 1.18. The molecule has 58 valence electrons. The van der Waals surface area contributed by atoms with Crippen LogP contribution in [-0.4, -0.2) is 4.37 Å². The van der Waals surface area contributed by atoms with Crippen molar-refractivity contribution in [2.75, 3.05) is 0 Å². The topological polar surface area (TPSA) is 67.9 Å². The molecule has 0 radical (unpaired) electrons. The largest absolute Gasteiger partial charge is 0.344 e. The monoisotopic (exact) mass is 168 g/mol. The highest BCUT2D eigenvalue weighted by atomic mass is 32.1. The molecule has 4 heteroatoms. The highest BCUT2D eigenvalue weighted by Gasteiger charge is 1.96. The van der Waals surface area contributed by atoms with Crippen molar-refractivity contribution in [2.24, 2.45) is 0 Å². The molecule has 1 aromatic heterocycles. The molecule has 0 aliphatic rings. The smallest absolute Gasteiger partial charge is 0.265 e. The molecule has 0 saturated heterocycles. The zero-order chi connectivity index (χ0) is 6.97. The molecule has 4 N–H and O–H groups in total. The maximum absolute atomic E-state index is 10.9. The van der Waals surface area contributed by atoms with Crippen LogP contribution in [0.1, 0.15) is 0 Å². The van der Waals surface area contributed by atoms with E-state index < -0.39 is 0 Å². The van der Waals surface area contributed by atoms with Gasteiger partial charge in [0.2, 0.25) is 0 Å². The van der Waals surface area contributed by atoms with Crippen molar-refractivity contribution < 1.29 is 0 Å². The third-order valence-corrected chi connectivity index (χ3v) is 2.25. The Hall–Kier alpha value is -1.13. The van der Waals surface area contributed by atoms with E-state index in [1.165, 1.54) is 11.5 Å². The van der Waals surface area contributed by atoms with Crippen LogP contribution in [0, 0.1) is 0 Å². The summed E-state index contributed by atoms with van der Waals surface area (Å²) in [5.41, 5.74) is 0.0144. The molecule has 0 bridgehead atoms. The first-order chi connectivity index (χ1) is 4.88. The van der Waals surface area contributed by atoms with E-state index in [2.05, 4.69) is 4.37 Å². The summed E-state index contributed by atoms with van der Waals surface area (Å²) in [5.74, 6) is 0. The van der Waals surface area contributed by atoms with Crippen molar-refractivity contribution in [3.63, 3.8) is 0 Å². The van der Waals surface area contributed by atoms with Crippen LogP contribution in [0.5, 0.6) is 0 Å². The van der Waals surface area contributed by atoms with Crippen LogP contribution in [0.25, 0.3) is 10.1 Å². The minimum Gasteiger partial charge on any atom is -0.344 e. The van der Waals surface area contributed by atoms with Crippen molar-refractivity contribution in [3.8, 4) is 0 Å². The lowest BCUT2D eigenvalue weighted by molar-refractivity contribution is 1.46. The molecule has 1 heterocycles. The van der Waals surface area contributed by atoms with E-state index in [9.17, 15) is 4.79 Å². The lowest BCUT2D eigenvalue weighted by Crippen LogP contribution is -1.94. The molecular weight excluding hydrogens is 160 g/mol. The van der Waals surface area contributed by atoms with Gasteiger partial charge in [-0.05, 0) is 12.1 Å². The normalized spacial score (nSPS) is 9.45. The molecule has 3 nitrogen and oxygen atoms in total. The predicted octanol–water partition coefficient (Wildman–Crippen LogP) is 1.75. The van der Waals surface area contributed by atoms with E-state index in [-0.39, 0.29) is 11.7 Å². The summed E-state index contributed by atoms with van der Waals surface area (Å²) < 4.78 is 3.68. The van der Waals surface area contributed by atoms with Gasteiger partial charge in [-0.3, -0.25) is 9.17 Å². The molecule has 11 heavy (non-hydrogen) atoms. The molecule has 0 aliphatic heterocycles. The maximum Gasteiger partial charge on any atom is 0.265 e. The summed E-state index contributed by atoms with van der Waals surface area (Å²) in [6.45, 7) is 0. The highest BCUT2D eigenvalue weighted by Crippen LogP contribution is 2.11. The third-order valence-electron chi connectivity index (χ3n) is 1.39. The fourth-order valence-corrected chi connectivity index (χ4v) is 1.63. The number of benzene rings is 1. The molecule has 1 aromatic carbocycles. The van der Waals surface area contributed by atoms with E-state index in [0.29, 0.717) is 0 Å². The molecule has 2 aromatic rings. The molecule has 0 amide bonds. The van der Waals surface area contributed by atoms with Gasteiger partial charge in [-0.2, -0.15) is 0 Å². The number of aromatic nitrogens is 1. The lowest BCUT2D eigenvalue weighted by Gasteiger charge is -1.79. The first kappa shape index (κ1) is 7.97. The molecule has 0 unspecified atom stereocenters. The van der Waals surface area contributed by atoms with Gasteiger partial charge >= 0.3 is 0 Å². The summed E-state index contributed by atoms with van der Waals surface area (Å²) in [6, 6.07) is 7.54. The Morgan fingerprint density at radius 3 is 2.73 bits per heavy atom. The lowest BCUT2D eigenvalue weighted by atomic mass is 10.3. The molecule has 2 rings (SSSR count). The Morgan fingerprint density at radius 1 is 1.27 bits per heavy atom. The van der Waals surface area contributed by atoms with E-state index >= 15 is 0 Å². The fourth-order valence-electron chi connectivity index (χ4n) is 0.900. The van der Waals surface area contributed by atoms with Gasteiger partial charge in [0.05, 0.1) is 10.1 Å². The zero-order valence-electron chi connectivity index (χ0n) is 5.83. The van der Waals surface area contributed by atoms with Crippen LogP contribution in [-0.2, 0) is 0 Å². The van der Waals surface area contributed by atoms with Crippen molar-refractivity contribution in [1.29, 1.82) is 0 Å². The van der Waals surface area contributed by atoms with Gasteiger partial charge < -0.3 is 6.15 Å². The SMILES string of the molecule is N.O=c1[nH]sc2ccccc12. The number of hydrogen-bond acceptors (Lipinski definition) is 3. The number of nitrogens with one attached hydrogen (secondary N) is 1.